The SMILES string of the molecule is CC(C)[C@@H](NC(=O)c1cc(NC(=O)OCC2c3ccccc3-c3ccccc32)n(C)n1)C(=O)O. The molecule has 0 unspecified atom stereocenters. The molecule has 0 aliphatic heterocycles. The molecule has 4 rings (SSSR count). The van der Waals surface area contributed by atoms with Crippen LogP contribution < -0.4 is 10.6 Å². The van der Waals surface area contributed by atoms with Crippen LogP contribution in [0.5, 0.6) is 0 Å². The summed E-state index contributed by atoms with van der Waals surface area (Å²) >= 11 is 0. The molecule has 0 spiro atoms. The van der Waals surface area contributed by atoms with Gasteiger partial charge in [0.1, 0.15) is 18.5 Å². The molecule has 9 heteroatoms. The van der Waals surface area contributed by atoms with E-state index in [-0.39, 0.29) is 30.0 Å². The summed E-state index contributed by atoms with van der Waals surface area (Å²) in [5.74, 6) is -1.90. The van der Waals surface area contributed by atoms with E-state index in [1.54, 1.807) is 20.9 Å². The third-order valence-electron chi connectivity index (χ3n) is 5.91. The molecule has 0 saturated heterocycles. The fourth-order valence-electron chi connectivity index (χ4n) is 4.16. The second kappa shape index (κ2) is 9.38. The van der Waals surface area contributed by atoms with E-state index in [4.69, 9.17) is 4.74 Å². The number of aromatic nitrogens is 2. The van der Waals surface area contributed by atoms with Crippen molar-refractivity contribution in [3.8, 4) is 11.1 Å². The number of aryl methyl sites for hydroxylation is 1. The first-order chi connectivity index (χ1) is 16.3. The summed E-state index contributed by atoms with van der Waals surface area (Å²) in [5, 5.41) is 18.4. The van der Waals surface area contributed by atoms with Gasteiger partial charge in [-0.2, -0.15) is 5.10 Å². The van der Waals surface area contributed by atoms with Crippen molar-refractivity contribution in [1.82, 2.24) is 15.1 Å². The summed E-state index contributed by atoms with van der Waals surface area (Å²) in [6.07, 6.45) is -0.678. The van der Waals surface area contributed by atoms with Crippen molar-refractivity contribution in [2.75, 3.05) is 11.9 Å². The van der Waals surface area contributed by atoms with Crippen molar-refractivity contribution < 1.29 is 24.2 Å². The summed E-state index contributed by atoms with van der Waals surface area (Å²) in [7, 11) is 1.56. The number of hydrogen-bond donors (Lipinski definition) is 3. The lowest BCUT2D eigenvalue weighted by Gasteiger charge is -2.16. The molecule has 0 radical (unpaired) electrons. The Morgan fingerprint density at radius 2 is 1.65 bits per heavy atom. The Bertz CT molecular complexity index is 1200. The molecule has 3 aromatic rings. The zero-order valence-electron chi connectivity index (χ0n) is 19.1. The van der Waals surface area contributed by atoms with Crippen LogP contribution in [0.4, 0.5) is 10.6 Å². The number of carbonyl (C=O) groups excluding carboxylic acids is 2. The van der Waals surface area contributed by atoms with Crippen molar-refractivity contribution in [2.45, 2.75) is 25.8 Å². The molecule has 2 amide bonds. The first-order valence-electron chi connectivity index (χ1n) is 11.0. The maximum absolute atomic E-state index is 12.5. The van der Waals surface area contributed by atoms with Gasteiger partial charge in [-0.25, -0.2) is 9.59 Å². The second-order valence-electron chi connectivity index (χ2n) is 8.52. The average Bonchev–Trinajstić information content (AvgIpc) is 3.33. The van der Waals surface area contributed by atoms with Crippen LogP contribution in [0, 0.1) is 5.92 Å². The number of amides is 2. The van der Waals surface area contributed by atoms with E-state index in [1.807, 2.05) is 36.4 Å². The lowest BCUT2D eigenvalue weighted by molar-refractivity contribution is -0.140. The summed E-state index contributed by atoms with van der Waals surface area (Å²) in [5.41, 5.74) is 4.47. The number of aliphatic carboxylic acids is 1. The van der Waals surface area contributed by atoms with Gasteiger partial charge in [-0.3, -0.25) is 14.8 Å². The topological polar surface area (TPSA) is 123 Å². The predicted molar refractivity (Wildman–Crippen MR) is 126 cm³/mol. The van der Waals surface area contributed by atoms with Crippen molar-refractivity contribution >= 4 is 23.8 Å². The lowest BCUT2D eigenvalue weighted by atomic mass is 9.98. The summed E-state index contributed by atoms with van der Waals surface area (Å²) in [6, 6.07) is 16.4. The van der Waals surface area contributed by atoms with E-state index in [2.05, 4.69) is 27.9 Å². The number of ether oxygens (including phenoxy) is 1. The van der Waals surface area contributed by atoms with E-state index in [0.717, 1.165) is 22.3 Å². The number of carboxylic acid groups (broad SMARTS) is 1. The van der Waals surface area contributed by atoms with Crippen LogP contribution in [-0.2, 0) is 16.6 Å². The summed E-state index contributed by atoms with van der Waals surface area (Å²) < 4.78 is 6.85. The quantitative estimate of drug-likeness (QED) is 0.493. The summed E-state index contributed by atoms with van der Waals surface area (Å²) in [6.45, 7) is 3.54. The predicted octanol–water partition coefficient (Wildman–Crippen LogP) is 3.62. The summed E-state index contributed by atoms with van der Waals surface area (Å²) in [4.78, 5) is 36.3. The average molecular weight is 463 g/mol. The number of carboxylic acids is 1. The smallest absolute Gasteiger partial charge is 0.412 e. The first-order valence-corrected chi connectivity index (χ1v) is 11.0. The molecule has 34 heavy (non-hydrogen) atoms. The van der Waals surface area contributed by atoms with Crippen molar-refractivity contribution in [3.63, 3.8) is 0 Å². The third kappa shape index (κ3) is 4.50. The van der Waals surface area contributed by atoms with Crippen LogP contribution in [0.25, 0.3) is 11.1 Å². The molecule has 0 fully saturated rings. The molecule has 1 aromatic heterocycles. The number of rotatable bonds is 7. The van der Waals surface area contributed by atoms with Gasteiger partial charge in [0.2, 0.25) is 0 Å². The third-order valence-corrected chi connectivity index (χ3v) is 5.91. The van der Waals surface area contributed by atoms with Crippen LogP contribution in [-0.4, -0.2) is 45.5 Å². The Kier molecular flexibility index (Phi) is 6.36. The Morgan fingerprint density at radius 1 is 1.06 bits per heavy atom. The molecule has 176 valence electrons. The molecule has 0 saturated carbocycles. The Balaban J connectivity index is 1.41. The molecule has 1 atom stereocenters. The number of carbonyl (C=O) groups is 3. The highest BCUT2D eigenvalue weighted by Gasteiger charge is 2.29. The number of nitrogens with one attached hydrogen (secondary N) is 2. The molecular weight excluding hydrogens is 436 g/mol. The van der Waals surface area contributed by atoms with Gasteiger partial charge in [-0.15, -0.1) is 0 Å². The van der Waals surface area contributed by atoms with Gasteiger partial charge in [0.25, 0.3) is 5.91 Å². The van der Waals surface area contributed by atoms with Crippen LogP contribution in [0.1, 0.15) is 41.4 Å². The number of anilines is 1. The number of benzene rings is 2. The van der Waals surface area contributed by atoms with Crippen molar-refractivity contribution in [3.05, 3.63) is 71.4 Å². The van der Waals surface area contributed by atoms with E-state index >= 15 is 0 Å². The molecule has 1 heterocycles. The maximum Gasteiger partial charge on any atom is 0.412 e. The Morgan fingerprint density at radius 3 is 2.21 bits per heavy atom. The monoisotopic (exact) mass is 462 g/mol. The highest BCUT2D eigenvalue weighted by Crippen LogP contribution is 2.44. The minimum Gasteiger partial charge on any atom is -0.480 e. The van der Waals surface area contributed by atoms with Crippen LogP contribution in [0.3, 0.4) is 0 Å². The van der Waals surface area contributed by atoms with Crippen LogP contribution in [0.2, 0.25) is 0 Å². The van der Waals surface area contributed by atoms with Gasteiger partial charge in [-0.05, 0) is 28.2 Å². The maximum atomic E-state index is 12.5. The largest absolute Gasteiger partial charge is 0.480 e. The molecule has 3 N–H and O–H groups in total. The van der Waals surface area contributed by atoms with E-state index < -0.39 is 24.0 Å². The van der Waals surface area contributed by atoms with Crippen molar-refractivity contribution in [2.24, 2.45) is 13.0 Å². The zero-order valence-corrected chi connectivity index (χ0v) is 19.1. The number of nitrogens with zero attached hydrogens (tertiary/aromatic N) is 2. The van der Waals surface area contributed by atoms with Gasteiger partial charge >= 0.3 is 12.1 Å². The molecule has 2 aromatic carbocycles. The Hall–Kier alpha value is -4.14. The van der Waals surface area contributed by atoms with Gasteiger partial charge in [-0.1, -0.05) is 62.4 Å². The fourth-order valence-corrected chi connectivity index (χ4v) is 4.16. The van der Waals surface area contributed by atoms with Crippen molar-refractivity contribution in [1.29, 1.82) is 0 Å². The number of hydrogen-bond acceptors (Lipinski definition) is 5. The first kappa shape index (κ1) is 23.0. The van der Waals surface area contributed by atoms with E-state index in [0.29, 0.717) is 0 Å². The molecule has 0 bridgehead atoms. The van der Waals surface area contributed by atoms with E-state index in [1.165, 1.54) is 10.7 Å². The Labute approximate surface area is 196 Å². The van der Waals surface area contributed by atoms with Crippen LogP contribution in [0.15, 0.2) is 54.6 Å². The zero-order chi connectivity index (χ0) is 24.4. The molecular formula is C25H26N4O5. The number of fused-ring (bicyclic) bond motifs is 3. The van der Waals surface area contributed by atoms with Gasteiger partial charge < -0.3 is 15.2 Å². The minimum absolute atomic E-state index is 0.0108. The molecule has 1 aliphatic rings. The molecule has 1 aliphatic carbocycles. The second-order valence-corrected chi connectivity index (χ2v) is 8.52. The minimum atomic E-state index is -1.13. The normalized spacial score (nSPS) is 13.2. The van der Waals surface area contributed by atoms with Crippen LogP contribution >= 0.6 is 0 Å². The highest BCUT2D eigenvalue weighted by molar-refractivity contribution is 5.96. The van der Waals surface area contributed by atoms with E-state index in [9.17, 15) is 19.5 Å². The van der Waals surface area contributed by atoms with Gasteiger partial charge in [0.05, 0.1) is 0 Å². The van der Waals surface area contributed by atoms with Gasteiger partial charge in [0.15, 0.2) is 5.69 Å². The molecule has 9 nitrogen and oxygen atoms in total. The fraction of sp³-hybridized carbons (Fsp3) is 0.280. The highest BCUT2D eigenvalue weighted by atomic mass is 16.5. The standard InChI is InChI=1S/C25H26N4O5/c1-14(2)22(24(31)32)27-23(30)20-12-21(29(3)28-20)26-25(33)34-13-19-17-10-6-4-8-15(17)16-9-5-7-11-18(16)19/h4-12,14,19,22H,13H2,1-3H3,(H,26,33)(H,27,30)(H,31,32)/t22-/m1/s1. The van der Waals surface area contributed by atoms with Gasteiger partial charge in [0, 0.05) is 19.0 Å². The lowest BCUT2D eigenvalue weighted by Crippen LogP contribution is -2.44.